The van der Waals surface area contributed by atoms with Gasteiger partial charge in [0.25, 0.3) is 0 Å². The lowest BCUT2D eigenvalue weighted by atomic mass is 10.2. The summed E-state index contributed by atoms with van der Waals surface area (Å²) in [7, 11) is 0. The molecule has 1 aromatic rings. The molecular weight excluding hydrogens is 285 g/mol. The van der Waals surface area contributed by atoms with Gasteiger partial charge in [-0.2, -0.15) is 0 Å². The van der Waals surface area contributed by atoms with E-state index in [9.17, 15) is 9.18 Å². The monoisotopic (exact) mass is 299 g/mol. The van der Waals surface area contributed by atoms with Gasteiger partial charge in [-0.15, -0.1) is 0 Å². The predicted molar refractivity (Wildman–Crippen MR) is 68.4 cm³/mol. The highest BCUT2D eigenvalue weighted by Crippen LogP contribution is 2.29. The normalized spacial score (nSPS) is 16.6. The molecule has 17 heavy (non-hydrogen) atoms. The van der Waals surface area contributed by atoms with Crippen molar-refractivity contribution < 1.29 is 9.18 Å². The Kier molecular flexibility index (Phi) is 3.82. The zero-order chi connectivity index (χ0) is 12.4. The lowest BCUT2D eigenvalue weighted by Crippen LogP contribution is -2.36. The van der Waals surface area contributed by atoms with Gasteiger partial charge in [0, 0.05) is 12.6 Å². The van der Waals surface area contributed by atoms with Crippen LogP contribution in [0.1, 0.15) is 25.3 Å². The average molecular weight is 300 g/mol. The Morgan fingerprint density at radius 3 is 2.53 bits per heavy atom. The van der Waals surface area contributed by atoms with Crippen LogP contribution in [0, 0.1) is 5.82 Å². The van der Waals surface area contributed by atoms with Crippen molar-refractivity contribution in [3.05, 3.63) is 35.6 Å². The molecule has 1 unspecified atom stereocenters. The number of nitrogens with zero attached hydrogens (tertiary/aromatic N) is 1. The number of carbonyl (C=O) groups is 1. The molecule has 4 heteroatoms. The van der Waals surface area contributed by atoms with Crippen LogP contribution in [-0.4, -0.2) is 21.7 Å². The molecule has 0 saturated heterocycles. The second-order valence-electron chi connectivity index (χ2n) is 4.44. The van der Waals surface area contributed by atoms with E-state index in [2.05, 4.69) is 15.9 Å². The summed E-state index contributed by atoms with van der Waals surface area (Å²) in [6.07, 6.45) is 2.15. The number of rotatable bonds is 4. The van der Waals surface area contributed by atoms with Gasteiger partial charge in [0.15, 0.2) is 0 Å². The Labute approximate surface area is 109 Å². The second kappa shape index (κ2) is 5.17. The first-order valence-electron chi connectivity index (χ1n) is 5.77. The highest BCUT2D eigenvalue weighted by Gasteiger charge is 2.33. The lowest BCUT2D eigenvalue weighted by molar-refractivity contribution is -0.131. The first-order valence-corrected chi connectivity index (χ1v) is 6.68. The molecule has 1 aliphatic carbocycles. The van der Waals surface area contributed by atoms with Crippen LogP contribution in [-0.2, 0) is 11.3 Å². The van der Waals surface area contributed by atoms with Crippen LogP contribution in [0.4, 0.5) is 4.39 Å². The summed E-state index contributed by atoms with van der Waals surface area (Å²) in [5, 5.41) is 0. The maximum Gasteiger partial charge on any atom is 0.236 e. The quantitative estimate of drug-likeness (QED) is 0.783. The molecule has 0 radical (unpaired) electrons. The third-order valence-corrected chi connectivity index (χ3v) is 3.27. The van der Waals surface area contributed by atoms with Crippen LogP contribution in [0.2, 0.25) is 0 Å². The molecule has 1 amide bonds. The maximum absolute atomic E-state index is 12.8. The Hall–Kier alpha value is -0.900. The minimum Gasteiger partial charge on any atom is -0.334 e. The van der Waals surface area contributed by atoms with E-state index in [1.54, 1.807) is 12.1 Å². The molecule has 1 aliphatic rings. The summed E-state index contributed by atoms with van der Waals surface area (Å²) >= 11 is 3.31. The first-order chi connectivity index (χ1) is 8.08. The Morgan fingerprint density at radius 1 is 1.47 bits per heavy atom. The molecule has 1 saturated carbocycles. The fraction of sp³-hybridized carbons (Fsp3) is 0.462. The van der Waals surface area contributed by atoms with Crippen molar-refractivity contribution in [2.45, 2.75) is 37.2 Å². The van der Waals surface area contributed by atoms with E-state index in [0.29, 0.717) is 12.6 Å². The van der Waals surface area contributed by atoms with Crippen LogP contribution < -0.4 is 0 Å². The molecular formula is C13H15BrFNO. The van der Waals surface area contributed by atoms with Gasteiger partial charge in [0.05, 0.1) is 4.83 Å². The molecule has 92 valence electrons. The molecule has 2 rings (SSSR count). The van der Waals surface area contributed by atoms with Crippen molar-refractivity contribution in [3.63, 3.8) is 0 Å². The van der Waals surface area contributed by atoms with Gasteiger partial charge < -0.3 is 4.90 Å². The second-order valence-corrected chi connectivity index (χ2v) is 5.81. The van der Waals surface area contributed by atoms with E-state index in [0.717, 1.165) is 18.4 Å². The Balaban J connectivity index is 2.07. The van der Waals surface area contributed by atoms with Gasteiger partial charge in [-0.25, -0.2) is 4.39 Å². The SMILES string of the molecule is CC(Br)C(=O)N(Cc1ccc(F)cc1)C1CC1. The minimum atomic E-state index is -0.244. The van der Waals surface area contributed by atoms with Crippen LogP contribution in [0.15, 0.2) is 24.3 Å². The van der Waals surface area contributed by atoms with E-state index < -0.39 is 0 Å². The third-order valence-electron chi connectivity index (χ3n) is 2.88. The van der Waals surface area contributed by atoms with E-state index in [1.807, 2.05) is 11.8 Å². The number of hydrogen-bond acceptors (Lipinski definition) is 1. The Morgan fingerprint density at radius 2 is 2.06 bits per heavy atom. The zero-order valence-corrected chi connectivity index (χ0v) is 11.3. The number of amides is 1. The van der Waals surface area contributed by atoms with Gasteiger partial charge in [0.2, 0.25) is 5.91 Å². The van der Waals surface area contributed by atoms with E-state index >= 15 is 0 Å². The first kappa shape index (κ1) is 12.6. The summed E-state index contributed by atoms with van der Waals surface area (Å²) < 4.78 is 12.8. The molecule has 0 aromatic heterocycles. The molecule has 0 bridgehead atoms. The highest BCUT2D eigenvalue weighted by atomic mass is 79.9. The van der Waals surface area contributed by atoms with Gasteiger partial charge in [-0.1, -0.05) is 28.1 Å². The van der Waals surface area contributed by atoms with Crippen LogP contribution in [0.5, 0.6) is 0 Å². The molecule has 2 nitrogen and oxygen atoms in total. The fourth-order valence-electron chi connectivity index (χ4n) is 1.79. The van der Waals surface area contributed by atoms with Crippen molar-refractivity contribution >= 4 is 21.8 Å². The summed E-state index contributed by atoms with van der Waals surface area (Å²) in [4.78, 5) is 13.7. The standard InChI is InChI=1S/C13H15BrFNO/c1-9(14)13(17)16(12-6-7-12)8-10-2-4-11(15)5-3-10/h2-5,9,12H,6-8H2,1H3. The summed E-state index contributed by atoms with van der Waals surface area (Å²) in [5.74, 6) is -0.135. The zero-order valence-electron chi connectivity index (χ0n) is 9.70. The minimum absolute atomic E-state index is 0.108. The van der Waals surface area contributed by atoms with Crippen molar-refractivity contribution in [3.8, 4) is 0 Å². The maximum atomic E-state index is 12.8. The molecule has 1 fully saturated rings. The number of carbonyl (C=O) groups excluding carboxylic acids is 1. The van der Waals surface area contributed by atoms with Gasteiger partial charge in [-0.05, 0) is 37.5 Å². The fourth-order valence-corrected chi connectivity index (χ4v) is 2.05. The van der Waals surface area contributed by atoms with Crippen LogP contribution in [0.25, 0.3) is 0 Å². The summed E-state index contributed by atoms with van der Waals surface area (Å²) in [6.45, 7) is 2.40. The number of benzene rings is 1. The van der Waals surface area contributed by atoms with Crippen molar-refractivity contribution in [2.75, 3.05) is 0 Å². The van der Waals surface area contributed by atoms with Crippen LogP contribution >= 0.6 is 15.9 Å². The van der Waals surface area contributed by atoms with Gasteiger partial charge in [0.1, 0.15) is 5.82 Å². The molecule has 0 spiro atoms. The summed E-state index contributed by atoms with van der Waals surface area (Å²) in [6, 6.07) is 6.70. The van der Waals surface area contributed by atoms with E-state index in [1.165, 1.54) is 12.1 Å². The van der Waals surface area contributed by atoms with Crippen molar-refractivity contribution in [1.82, 2.24) is 4.90 Å². The predicted octanol–water partition coefficient (Wildman–Crippen LogP) is 3.10. The van der Waals surface area contributed by atoms with Crippen molar-refractivity contribution in [2.24, 2.45) is 0 Å². The number of alkyl halides is 1. The highest BCUT2D eigenvalue weighted by molar-refractivity contribution is 9.10. The smallest absolute Gasteiger partial charge is 0.236 e. The average Bonchev–Trinajstić information content (AvgIpc) is 3.11. The third kappa shape index (κ3) is 3.28. The van der Waals surface area contributed by atoms with Crippen LogP contribution in [0.3, 0.4) is 0 Å². The summed E-state index contributed by atoms with van der Waals surface area (Å²) in [5.41, 5.74) is 0.972. The van der Waals surface area contributed by atoms with Crippen molar-refractivity contribution in [1.29, 1.82) is 0 Å². The van der Waals surface area contributed by atoms with E-state index in [-0.39, 0.29) is 16.6 Å². The van der Waals surface area contributed by atoms with E-state index in [4.69, 9.17) is 0 Å². The molecule has 1 aromatic carbocycles. The molecule has 1 atom stereocenters. The molecule has 0 N–H and O–H groups in total. The van der Waals surface area contributed by atoms with Gasteiger partial charge in [-0.3, -0.25) is 4.79 Å². The topological polar surface area (TPSA) is 20.3 Å². The largest absolute Gasteiger partial charge is 0.334 e. The lowest BCUT2D eigenvalue weighted by Gasteiger charge is -2.23. The molecule has 0 aliphatic heterocycles. The molecule has 0 heterocycles. The Bertz CT molecular complexity index is 400. The van der Waals surface area contributed by atoms with Gasteiger partial charge >= 0.3 is 0 Å². The number of halogens is 2. The number of hydrogen-bond donors (Lipinski definition) is 0.